The van der Waals surface area contributed by atoms with E-state index in [2.05, 4.69) is 21.2 Å². The van der Waals surface area contributed by atoms with E-state index in [-0.39, 0.29) is 11.1 Å². The molecule has 1 atom stereocenters. The molecule has 0 bridgehead atoms. The molecule has 0 amide bonds. The van der Waals surface area contributed by atoms with Gasteiger partial charge in [-0.15, -0.1) is 0 Å². The van der Waals surface area contributed by atoms with Crippen molar-refractivity contribution in [3.05, 3.63) is 34.1 Å². The van der Waals surface area contributed by atoms with Crippen LogP contribution in [0, 0.1) is 5.82 Å². The number of benzene rings is 1. The van der Waals surface area contributed by atoms with Crippen molar-refractivity contribution in [2.75, 3.05) is 12.3 Å². The molecule has 18 heavy (non-hydrogen) atoms. The van der Waals surface area contributed by atoms with E-state index in [0.717, 1.165) is 18.4 Å². The van der Waals surface area contributed by atoms with Crippen molar-refractivity contribution in [1.29, 1.82) is 0 Å². The Balaban J connectivity index is 1.89. The van der Waals surface area contributed by atoms with E-state index in [1.54, 1.807) is 6.07 Å². The molecule has 1 aromatic rings. The molecule has 100 valence electrons. The average molecular weight is 336 g/mol. The van der Waals surface area contributed by atoms with Crippen molar-refractivity contribution < 1.29 is 12.8 Å². The van der Waals surface area contributed by atoms with Crippen LogP contribution in [-0.2, 0) is 16.4 Å². The van der Waals surface area contributed by atoms with Crippen molar-refractivity contribution in [2.45, 2.75) is 24.6 Å². The Morgan fingerprint density at radius 1 is 1.44 bits per heavy atom. The lowest BCUT2D eigenvalue weighted by molar-refractivity contribution is 0.573. The number of sulfone groups is 1. The third-order valence-electron chi connectivity index (χ3n) is 3.17. The third-order valence-corrected chi connectivity index (χ3v) is 6.18. The van der Waals surface area contributed by atoms with E-state index in [1.165, 1.54) is 12.1 Å². The summed E-state index contributed by atoms with van der Waals surface area (Å²) >= 11 is 3.28. The summed E-state index contributed by atoms with van der Waals surface area (Å²) in [5, 5.41) is 2.86. The Morgan fingerprint density at radius 2 is 2.22 bits per heavy atom. The molecule has 1 heterocycles. The maximum absolute atomic E-state index is 12.9. The van der Waals surface area contributed by atoms with Gasteiger partial charge in [0.2, 0.25) is 0 Å². The lowest BCUT2D eigenvalue weighted by Crippen LogP contribution is -2.30. The highest BCUT2D eigenvalue weighted by Crippen LogP contribution is 2.20. The summed E-state index contributed by atoms with van der Waals surface area (Å²) in [5.41, 5.74) is 0.923. The van der Waals surface area contributed by atoms with Gasteiger partial charge >= 0.3 is 0 Å². The molecule has 1 fully saturated rings. The smallest absolute Gasteiger partial charge is 0.154 e. The van der Waals surface area contributed by atoms with Gasteiger partial charge in [-0.05, 0) is 30.5 Å². The highest BCUT2D eigenvalue weighted by atomic mass is 79.9. The van der Waals surface area contributed by atoms with E-state index >= 15 is 0 Å². The first kappa shape index (κ1) is 14.0. The molecule has 0 saturated carbocycles. The number of halogens is 2. The lowest BCUT2D eigenvalue weighted by atomic mass is 10.2. The normalized spacial score (nSPS) is 22.2. The van der Waals surface area contributed by atoms with E-state index in [4.69, 9.17) is 0 Å². The molecule has 0 spiro atoms. The minimum Gasteiger partial charge on any atom is -0.311 e. The van der Waals surface area contributed by atoms with Gasteiger partial charge in [-0.3, -0.25) is 0 Å². The molecular weight excluding hydrogens is 321 g/mol. The summed E-state index contributed by atoms with van der Waals surface area (Å²) in [6.07, 6.45) is 1.49. The van der Waals surface area contributed by atoms with Crippen LogP contribution in [0.1, 0.15) is 18.4 Å². The molecule has 0 aromatic heterocycles. The molecule has 0 radical (unpaired) electrons. The molecule has 2 rings (SSSR count). The molecule has 1 aliphatic heterocycles. The highest BCUT2D eigenvalue weighted by molar-refractivity contribution is 9.10. The quantitative estimate of drug-likeness (QED) is 0.917. The van der Waals surface area contributed by atoms with E-state index in [0.29, 0.717) is 23.3 Å². The summed E-state index contributed by atoms with van der Waals surface area (Å²) in [4.78, 5) is 0. The molecule has 6 heteroatoms. The van der Waals surface area contributed by atoms with Crippen molar-refractivity contribution in [2.24, 2.45) is 0 Å². The van der Waals surface area contributed by atoms with Crippen LogP contribution >= 0.6 is 15.9 Å². The minimum absolute atomic E-state index is 0.267. The van der Waals surface area contributed by atoms with Crippen molar-refractivity contribution in [3.63, 3.8) is 0 Å². The molecule has 1 unspecified atom stereocenters. The van der Waals surface area contributed by atoms with Crippen LogP contribution in [0.25, 0.3) is 0 Å². The van der Waals surface area contributed by atoms with Gasteiger partial charge in [0.05, 0.1) is 11.0 Å². The highest BCUT2D eigenvalue weighted by Gasteiger charge is 2.30. The van der Waals surface area contributed by atoms with E-state index in [1.807, 2.05) is 0 Å². The molecule has 0 aliphatic carbocycles. The SMILES string of the molecule is O=S1(=O)CCCC1CNCc1ccc(F)cc1Br. The zero-order valence-corrected chi connectivity index (χ0v) is 12.2. The molecule has 3 nitrogen and oxygen atoms in total. The van der Waals surface area contributed by atoms with Crippen LogP contribution < -0.4 is 5.32 Å². The third kappa shape index (κ3) is 3.30. The predicted octanol–water partition coefficient (Wildman–Crippen LogP) is 2.25. The number of nitrogens with one attached hydrogen (secondary N) is 1. The van der Waals surface area contributed by atoms with Crippen molar-refractivity contribution >= 4 is 25.8 Å². The number of rotatable bonds is 4. The fraction of sp³-hybridized carbons (Fsp3) is 0.500. The average Bonchev–Trinajstić information content (AvgIpc) is 2.61. The van der Waals surface area contributed by atoms with Gasteiger partial charge in [-0.1, -0.05) is 22.0 Å². The van der Waals surface area contributed by atoms with Gasteiger partial charge < -0.3 is 5.32 Å². The van der Waals surface area contributed by atoms with Crippen LogP contribution in [0.5, 0.6) is 0 Å². The second kappa shape index (κ2) is 5.67. The summed E-state index contributed by atoms with van der Waals surface area (Å²) in [6, 6.07) is 4.49. The summed E-state index contributed by atoms with van der Waals surface area (Å²) in [5.74, 6) is 0.0172. The van der Waals surface area contributed by atoms with Crippen molar-refractivity contribution in [1.82, 2.24) is 5.32 Å². The maximum atomic E-state index is 12.9. The molecule has 1 aromatic carbocycles. The first-order valence-electron chi connectivity index (χ1n) is 5.85. The zero-order chi connectivity index (χ0) is 13.2. The Kier molecular flexibility index (Phi) is 4.40. The molecule has 1 aliphatic rings. The van der Waals surface area contributed by atoms with Crippen LogP contribution in [-0.4, -0.2) is 26.0 Å². The first-order valence-corrected chi connectivity index (χ1v) is 8.36. The van der Waals surface area contributed by atoms with E-state index < -0.39 is 9.84 Å². The van der Waals surface area contributed by atoms with Gasteiger partial charge in [0.25, 0.3) is 0 Å². The lowest BCUT2D eigenvalue weighted by Gasteiger charge is -2.11. The Bertz CT molecular complexity index is 533. The summed E-state index contributed by atoms with van der Waals surface area (Å²) < 4.78 is 36.8. The molecule has 1 saturated heterocycles. The van der Waals surface area contributed by atoms with Crippen molar-refractivity contribution in [3.8, 4) is 0 Å². The summed E-state index contributed by atoms with van der Waals surface area (Å²) in [6.45, 7) is 0.999. The van der Waals surface area contributed by atoms with Gasteiger partial charge in [0.15, 0.2) is 9.84 Å². The molecule has 1 N–H and O–H groups in total. The Labute approximate surface area is 115 Å². The second-order valence-corrected chi connectivity index (χ2v) is 7.75. The topological polar surface area (TPSA) is 46.2 Å². The fourth-order valence-corrected chi connectivity index (χ4v) is 4.41. The van der Waals surface area contributed by atoms with Crippen LogP contribution in [0.3, 0.4) is 0 Å². The maximum Gasteiger partial charge on any atom is 0.154 e. The second-order valence-electron chi connectivity index (χ2n) is 4.50. The summed E-state index contributed by atoms with van der Waals surface area (Å²) in [7, 11) is -2.89. The van der Waals surface area contributed by atoms with E-state index in [9.17, 15) is 12.8 Å². The molecular formula is C12H15BrFNO2S. The first-order chi connectivity index (χ1) is 8.49. The predicted molar refractivity (Wildman–Crippen MR) is 72.6 cm³/mol. The largest absolute Gasteiger partial charge is 0.311 e. The Hall–Kier alpha value is -0.460. The van der Waals surface area contributed by atoms with Gasteiger partial charge in [0, 0.05) is 17.6 Å². The van der Waals surface area contributed by atoms with Gasteiger partial charge in [-0.2, -0.15) is 0 Å². The fourth-order valence-electron chi connectivity index (χ4n) is 2.12. The zero-order valence-electron chi connectivity index (χ0n) is 9.83. The number of hydrogen-bond donors (Lipinski definition) is 1. The van der Waals surface area contributed by atoms with Crippen LogP contribution in [0.15, 0.2) is 22.7 Å². The van der Waals surface area contributed by atoms with Crippen LogP contribution in [0.2, 0.25) is 0 Å². The van der Waals surface area contributed by atoms with Crippen LogP contribution in [0.4, 0.5) is 4.39 Å². The standard InChI is InChI=1S/C12H15BrFNO2S/c13-12-6-10(14)4-3-9(12)7-15-8-11-2-1-5-18(11,16)17/h3-4,6,11,15H,1-2,5,7-8H2. The Morgan fingerprint density at radius 3 is 2.83 bits per heavy atom. The monoisotopic (exact) mass is 335 g/mol. The number of hydrogen-bond acceptors (Lipinski definition) is 3. The van der Waals surface area contributed by atoms with Gasteiger partial charge in [0.1, 0.15) is 5.82 Å². The minimum atomic E-state index is -2.89. The van der Waals surface area contributed by atoms with Gasteiger partial charge in [-0.25, -0.2) is 12.8 Å².